The molecule has 1 aliphatic rings. The third-order valence-electron chi connectivity index (χ3n) is 4.35. The van der Waals surface area contributed by atoms with Crippen molar-refractivity contribution in [1.29, 1.82) is 0 Å². The Morgan fingerprint density at radius 1 is 1.09 bits per heavy atom. The number of rotatable bonds is 3. The number of nitrogens with zero attached hydrogens (tertiary/aromatic N) is 2. The minimum Gasteiger partial charge on any atom is -0.496 e. The molecule has 2 rings (SSSR count). The summed E-state index contributed by atoms with van der Waals surface area (Å²) in [6.07, 6.45) is 0.803. The largest absolute Gasteiger partial charge is 0.496 e. The number of methoxy groups -OCH3 is 1. The van der Waals surface area contributed by atoms with Gasteiger partial charge in [0, 0.05) is 33.1 Å². The van der Waals surface area contributed by atoms with E-state index in [-0.39, 0.29) is 11.8 Å². The average molecular weight is 318 g/mol. The number of benzene rings is 1. The molecule has 1 fully saturated rings. The third-order valence-corrected chi connectivity index (χ3v) is 4.35. The summed E-state index contributed by atoms with van der Waals surface area (Å²) < 4.78 is 5.43. The van der Waals surface area contributed by atoms with Gasteiger partial charge in [0.2, 0.25) is 5.91 Å². The van der Waals surface area contributed by atoms with Crippen molar-refractivity contribution >= 4 is 11.8 Å². The van der Waals surface area contributed by atoms with Gasteiger partial charge in [-0.3, -0.25) is 9.59 Å². The summed E-state index contributed by atoms with van der Waals surface area (Å²) in [7, 11) is 1.59. The van der Waals surface area contributed by atoms with E-state index in [2.05, 4.69) is 13.8 Å². The number of hydrogen-bond donors (Lipinski definition) is 0. The summed E-state index contributed by atoms with van der Waals surface area (Å²) in [6, 6.07) is 5.78. The summed E-state index contributed by atoms with van der Waals surface area (Å²) in [5, 5.41) is 0. The van der Waals surface area contributed by atoms with Gasteiger partial charge in [0.1, 0.15) is 5.75 Å². The Hall–Kier alpha value is -2.04. The van der Waals surface area contributed by atoms with Crippen LogP contribution in [0, 0.1) is 0 Å². The van der Waals surface area contributed by atoms with Crippen LogP contribution in [-0.4, -0.2) is 54.9 Å². The Morgan fingerprint density at radius 3 is 2.35 bits per heavy atom. The molecule has 1 aromatic rings. The second-order valence-electron chi connectivity index (χ2n) is 6.27. The standard InChI is InChI=1S/C18H26N2O3/c1-13(2)15-6-7-16(17(12-15)23-4)18(22)20-9-5-8-19(10-11-20)14(3)21/h6-7,12-13H,5,8-11H2,1-4H3. The van der Waals surface area contributed by atoms with Gasteiger partial charge in [-0.25, -0.2) is 0 Å². The molecule has 1 heterocycles. The van der Waals surface area contributed by atoms with E-state index in [9.17, 15) is 9.59 Å². The molecule has 0 saturated carbocycles. The van der Waals surface area contributed by atoms with Crippen molar-refractivity contribution in [3.63, 3.8) is 0 Å². The lowest BCUT2D eigenvalue weighted by molar-refractivity contribution is -0.128. The first-order valence-corrected chi connectivity index (χ1v) is 8.16. The number of carbonyl (C=O) groups excluding carboxylic acids is 2. The van der Waals surface area contributed by atoms with Crippen molar-refractivity contribution in [3.05, 3.63) is 29.3 Å². The van der Waals surface area contributed by atoms with E-state index in [1.165, 1.54) is 0 Å². The van der Waals surface area contributed by atoms with E-state index in [1.807, 2.05) is 23.1 Å². The number of carbonyl (C=O) groups is 2. The predicted octanol–water partition coefficient (Wildman–Crippen LogP) is 2.51. The molecule has 0 aliphatic carbocycles. The summed E-state index contributed by atoms with van der Waals surface area (Å²) in [5.74, 6) is 1.05. The number of hydrogen-bond acceptors (Lipinski definition) is 3. The van der Waals surface area contributed by atoms with E-state index >= 15 is 0 Å². The number of amides is 2. The van der Waals surface area contributed by atoms with Crippen LogP contribution in [0.15, 0.2) is 18.2 Å². The van der Waals surface area contributed by atoms with Gasteiger partial charge in [-0.15, -0.1) is 0 Å². The van der Waals surface area contributed by atoms with Crippen LogP contribution in [0.25, 0.3) is 0 Å². The smallest absolute Gasteiger partial charge is 0.257 e. The maximum Gasteiger partial charge on any atom is 0.257 e. The SMILES string of the molecule is COc1cc(C(C)C)ccc1C(=O)N1CCCN(C(C)=O)CC1. The lowest BCUT2D eigenvalue weighted by Crippen LogP contribution is -2.36. The molecule has 0 bridgehead atoms. The molecule has 126 valence electrons. The minimum atomic E-state index is -0.0254. The molecule has 0 unspecified atom stereocenters. The molecule has 0 radical (unpaired) electrons. The minimum absolute atomic E-state index is 0.0254. The molecule has 0 atom stereocenters. The van der Waals surface area contributed by atoms with Gasteiger partial charge in [-0.05, 0) is 30.0 Å². The Morgan fingerprint density at radius 2 is 1.74 bits per heavy atom. The fraction of sp³-hybridized carbons (Fsp3) is 0.556. The third kappa shape index (κ3) is 4.03. The van der Waals surface area contributed by atoms with Gasteiger partial charge in [0.25, 0.3) is 5.91 Å². The molecular formula is C18H26N2O3. The van der Waals surface area contributed by atoms with Crippen LogP contribution in [0.4, 0.5) is 0 Å². The van der Waals surface area contributed by atoms with E-state index < -0.39 is 0 Å². The van der Waals surface area contributed by atoms with E-state index in [1.54, 1.807) is 18.9 Å². The lowest BCUT2D eigenvalue weighted by Gasteiger charge is -2.22. The summed E-state index contributed by atoms with van der Waals surface area (Å²) in [4.78, 5) is 27.9. The lowest BCUT2D eigenvalue weighted by atomic mass is 10.0. The highest BCUT2D eigenvalue weighted by atomic mass is 16.5. The second kappa shape index (κ2) is 7.49. The molecule has 5 nitrogen and oxygen atoms in total. The molecule has 0 aromatic heterocycles. The topological polar surface area (TPSA) is 49.9 Å². The van der Waals surface area contributed by atoms with Crippen LogP contribution in [0.2, 0.25) is 0 Å². The fourth-order valence-corrected chi connectivity index (χ4v) is 2.85. The molecule has 5 heteroatoms. The fourth-order valence-electron chi connectivity index (χ4n) is 2.85. The number of ether oxygens (including phenoxy) is 1. The second-order valence-corrected chi connectivity index (χ2v) is 6.27. The van der Waals surface area contributed by atoms with Gasteiger partial charge in [-0.2, -0.15) is 0 Å². The van der Waals surface area contributed by atoms with Crippen molar-refractivity contribution in [1.82, 2.24) is 9.80 Å². The Balaban J connectivity index is 2.18. The van der Waals surface area contributed by atoms with E-state index in [0.29, 0.717) is 43.4 Å². The first-order chi connectivity index (χ1) is 10.9. The predicted molar refractivity (Wildman–Crippen MR) is 89.9 cm³/mol. The first kappa shape index (κ1) is 17.3. The molecule has 0 N–H and O–H groups in total. The Kier molecular flexibility index (Phi) is 5.64. The molecular weight excluding hydrogens is 292 g/mol. The van der Waals surface area contributed by atoms with Crippen molar-refractivity contribution < 1.29 is 14.3 Å². The van der Waals surface area contributed by atoms with Crippen LogP contribution >= 0.6 is 0 Å². The van der Waals surface area contributed by atoms with Gasteiger partial charge in [-0.1, -0.05) is 19.9 Å². The molecule has 0 spiro atoms. The van der Waals surface area contributed by atoms with Crippen molar-refractivity contribution in [2.24, 2.45) is 0 Å². The molecule has 1 aromatic carbocycles. The van der Waals surface area contributed by atoms with Gasteiger partial charge in [0.05, 0.1) is 12.7 Å². The zero-order chi connectivity index (χ0) is 17.0. The monoisotopic (exact) mass is 318 g/mol. The quantitative estimate of drug-likeness (QED) is 0.860. The summed E-state index contributed by atoms with van der Waals surface area (Å²) >= 11 is 0. The van der Waals surface area contributed by atoms with Crippen LogP contribution in [0.5, 0.6) is 5.75 Å². The molecule has 1 aliphatic heterocycles. The molecule has 2 amide bonds. The van der Waals surface area contributed by atoms with Crippen molar-refractivity contribution in [3.8, 4) is 5.75 Å². The Bertz CT molecular complexity index is 584. The highest BCUT2D eigenvalue weighted by molar-refractivity contribution is 5.97. The zero-order valence-electron chi connectivity index (χ0n) is 14.5. The van der Waals surface area contributed by atoms with Crippen LogP contribution in [-0.2, 0) is 4.79 Å². The Labute approximate surface area is 138 Å². The van der Waals surface area contributed by atoms with Crippen molar-refractivity contribution in [2.45, 2.75) is 33.1 Å². The highest BCUT2D eigenvalue weighted by Gasteiger charge is 2.23. The summed E-state index contributed by atoms with van der Waals surface area (Å²) in [6.45, 7) is 8.33. The van der Waals surface area contributed by atoms with Crippen molar-refractivity contribution in [2.75, 3.05) is 33.3 Å². The molecule has 23 heavy (non-hydrogen) atoms. The highest BCUT2D eigenvalue weighted by Crippen LogP contribution is 2.26. The van der Waals surface area contributed by atoms with E-state index in [0.717, 1.165) is 12.0 Å². The summed E-state index contributed by atoms with van der Waals surface area (Å²) in [5.41, 5.74) is 1.74. The zero-order valence-corrected chi connectivity index (χ0v) is 14.5. The van der Waals surface area contributed by atoms with Gasteiger partial charge in [0.15, 0.2) is 0 Å². The molecule has 1 saturated heterocycles. The normalized spacial score (nSPS) is 15.5. The van der Waals surface area contributed by atoms with Gasteiger partial charge < -0.3 is 14.5 Å². The maximum atomic E-state index is 12.8. The first-order valence-electron chi connectivity index (χ1n) is 8.16. The maximum absolute atomic E-state index is 12.8. The average Bonchev–Trinajstić information content (AvgIpc) is 2.79. The van der Waals surface area contributed by atoms with E-state index in [4.69, 9.17) is 4.74 Å². The van der Waals surface area contributed by atoms with Crippen LogP contribution in [0.1, 0.15) is 49.0 Å². The van der Waals surface area contributed by atoms with Crippen LogP contribution < -0.4 is 4.74 Å². The van der Waals surface area contributed by atoms with Crippen LogP contribution in [0.3, 0.4) is 0 Å². The van der Waals surface area contributed by atoms with Gasteiger partial charge >= 0.3 is 0 Å².